The zero-order valence-corrected chi connectivity index (χ0v) is 15.4. The second-order valence-corrected chi connectivity index (χ2v) is 5.83. The van der Waals surface area contributed by atoms with Crippen LogP contribution in [0, 0.1) is 0 Å². The average Bonchev–Trinajstić information content (AvgIpc) is 2.74. The largest absolute Gasteiger partial charge is 0.492 e. The van der Waals surface area contributed by atoms with Gasteiger partial charge in [0.05, 0.1) is 12.3 Å². The van der Waals surface area contributed by atoms with Crippen LogP contribution < -0.4 is 10.1 Å². The van der Waals surface area contributed by atoms with Gasteiger partial charge in [0.1, 0.15) is 11.4 Å². The van der Waals surface area contributed by atoms with E-state index in [4.69, 9.17) is 9.47 Å². The molecule has 1 atom stereocenters. The maximum atomic E-state index is 13.0. The number of carbonyl (C=O) groups excluding carboxylic acids is 2. The van der Waals surface area contributed by atoms with Crippen LogP contribution in [0.4, 0.5) is 5.69 Å². The van der Waals surface area contributed by atoms with E-state index in [1.807, 2.05) is 19.1 Å². The summed E-state index contributed by atoms with van der Waals surface area (Å²) in [5, 5.41) is 2.79. The molecule has 6 nitrogen and oxygen atoms in total. The predicted molar refractivity (Wildman–Crippen MR) is 105 cm³/mol. The number of amides is 1. The summed E-state index contributed by atoms with van der Waals surface area (Å²) in [7, 11) is 0. The molecule has 1 aromatic heterocycles. The molecule has 0 aliphatic rings. The van der Waals surface area contributed by atoms with E-state index in [2.05, 4.69) is 10.3 Å². The third-order valence-corrected chi connectivity index (χ3v) is 3.88. The molecule has 0 saturated heterocycles. The van der Waals surface area contributed by atoms with Gasteiger partial charge in [0, 0.05) is 11.8 Å². The number of pyridine rings is 1. The van der Waals surface area contributed by atoms with Crippen LogP contribution in [0.15, 0.2) is 79.0 Å². The zero-order valence-electron chi connectivity index (χ0n) is 15.4. The second-order valence-electron chi connectivity index (χ2n) is 5.83. The Bertz CT molecular complexity index is 930. The van der Waals surface area contributed by atoms with Crippen molar-refractivity contribution in [1.29, 1.82) is 0 Å². The van der Waals surface area contributed by atoms with Crippen molar-refractivity contribution in [2.24, 2.45) is 0 Å². The van der Waals surface area contributed by atoms with Gasteiger partial charge in [-0.05, 0) is 31.2 Å². The molecule has 0 saturated carbocycles. The van der Waals surface area contributed by atoms with E-state index in [-0.39, 0.29) is 5.69 Å². The van der Waals surface area contributed by atoms with Crippen molar-refractivity contribution >= 4 is 17.6 Å². The lowest BCUT2D eigenvalue weighted by atomic mass is 10.1. The number of esters is 1. The molecule has 2 aromatic carbocycles. The number of hydrogen-bond acceptors (Lipinski definition) is 5. The second kappa shape index (κ2) is 9.32. The molecule has 0 aliphatic heterocycles. The number of hydrogen-bond donors (Lipinski definition) is 1. The summed E-state index contributed by atoms with van der Waals surface area (Å²) in [6.45, 7) is 2.32. The molecule has 0 aliphatic carbocycles. The van der Waals surface area contributed by atoms with Crippen molar-refractivity contribution in [3.8, 4) is 5.75 Å². The fraction of sp³-hybridized carbons (Fsp3) is 0.136. The first-order valence-corrected chi connectivity index (χ1v) is 8.88. The predicted octanol–water partition coefficient (Wildman–Crippen LogP) is 4.02. The third kappa shape index (κ3) is 4.73. The van der Waals surface area contributed by atoms with Gasteiger partial charge in [0.25, 0.3) is 5.91 Å². The minimum absolute atomic E-state index is 0.131. The van der Waals surface area contributed by atoms with Gasteiger partial charge in [0.15, 0.2) is 0 Å². The van der Waals surface area contributed by atoms with E-state index in [0.717, 1.165) is 0 Å². The first-order chi connectivity index (χ1) is 13.7. The Morgan fingerprint density at radius 3 is 2.39 bits per heavy atom. The van der Waals surface area contributed by atoms with E-state index in [9.17, 15) is 9.59 Å². The van der Waals surface area contributed by atoms with Crippen molar-refractivity contribution in [1.82, 2.24) is 4.98 Å². The monoisotopic (exact) mass is 376 g/mol. The van der Waals surface area contributed by atoms with Crippen LogP contribution in [0.2, 0.25) is 0 Å². The Hall–Kier alpha value is -3.67. The highest BCUT2D eigenvalue weighted by molar-refractivity contribution is 5.98. The molecular formula is C22H20N2O4. The molecule has 0 spiro atoms. The highest BCUT2D eigenvalue weighted by Gasteiger charge is 2.26. The Labute approximate surface area is 163 Å². The number of ether oxygens (including phenoxy) is 2. The Morgan fingerprint density at radius 1 is 0.964 bits per heavy atom. The van der Waals surface area contributed by atoms with Crippen LogP contribution in [0.25, 0.3) is 0 Å². The summed E-state index contributed by atoms with van der Waals surface area (Å²) in [4.78, 5) is 29.4. The van der Waals surface area contributed by atoms with Crippen molar-refractivity contribution in [2.75, 3.05) is 11.9 Å². The Balaban J connectivity index is 1.85. The number of rotatable bonds is 7. The van der Waals surface area contributed by atoms with Crippen LogP contribution in [0.3, 0.4) is 0 Å². The third-order valence-electron chi connectivity index (χ3n) is 3.88. The standard InChI is InChI=1S/C22H20N2O4/c1-2-27-19-14-7-6-12-17(19)24-21(25)20(16-10-4-3-5-11-16)28-22(26)18-13-8-9-15-23-18/h3-15,20H,2H2,1H3,(H,24,25)/t20-/m0/s1. The lowest BCUT2D eigenvalue weighted by Crippen LogP contribution is -2.26. The van der Waals surface area contributed by atoms with E-state index < -0.39 is 18.0 Å². The summed E-state index contributed by atoms with van der Waals surface area (Å²) in [6.07, 6.45) is 0.359. The van der Waals surface area contributed by atoms with Gasteiger partial charge in [-0.25, -0.2) is 9.78 Å². The number of benzene rings is 2. The van der Waals surface area contributed by atoms with Crippen molar-refractivity contribution in [3.05, 3.63) is 90.3 Å². The molecule has 3 rings (SSSR count). The molecule has 0 bridgehead atoms. The van der Waals surface area contributed by atoms with Gasteiger partial charge in [-0.3, -0.25) is 4.79 Å². The van der Waals surface area contributed by atoms with Gasteiger partial charge >= 0.3 is 5.97 Å². The molecule has 1 heterocycles. The fourth-order valence-electron chi connectivity index (χ4n) is 2.60. The molecular weight excluding hydrogens is 356 g/mol. The fourth-order valence-corrected chi connectivity index (χ4v) is 2.60. The molecule has 6 heteroatoms. The van der Waals surface area contributed by atoms with E-state index in [0.29, 0.717) is 23.6 Å². The highest BCUT2D eigenvalue weighted by atomic mass is 16.5. The number of nitrogens with one attached hydrogen (secondary N) is 1. The molecule has 0 fully saturated rings. The molecule has 0 unspecified atom stereocenters. The number of para-hydroxylation sites is 2. The quantitative estimate of drug-likeness (QED) is 0.630. The van der Waals surface area contributed by atoms with Crippen LogP contribution in [-0.2, 0) is 9.53 Å². The highest BCUT2D eigenvalue weighted by Crippen LogP contribution is 2.27. The zero-order chi connectivity index (χ0) is 19.8. The molecule has 1 amide bonds. The van der Waals surface area contributed by atoms with Gasteiger partial charge < -0.3 is 14.8 Å². The smallest absolute Gasteiger partial charge is 0.358 e. The van der Waals surface area contributed by atoms with E-state index in [1.54, 1.807) is 54.6 Å². The van der Waals surface area contributed by atoms with E-state index in [1.165, 1.54) is 12.3 Å². The van der Waals surface area contributed by atoms with Gasteiger partial charge in [-0.1, -0.05) is 48.5 Å². The van der Waals surface area contributed by atoms with Crippen molar-refractivity contribution < 1.29 is 19.1 Å². The summed E-state index contributed by atoms with van der Waals surface area (Å²) in [5.41, 5.74) is 1.19. The summed E-state index contributed by atoms with van der Waals surface area (Å²) < 4.78 is 11.0. The van der Waals surface area contributed by atoms with Crippen LogP contribution in [0.5, 0.6) is 5.75 Å². The minimum Gasteiger partial charge on any atom is -0.492 e. The summed E-state index contributed by atoms with van der Waals surface area (Å²) in [6, 6.07) is 20.8. The molecule has 0 radical (unpaired) electrons. The SMILES string of the molecule is CCOc1ccccc1NC(=O)[C@@H](OC(=O)c1ccccn1)c1ccccc1. The van der Waals surface area contributed by atoms with E-state index >= 15 is 0 Å². The van der Waals surface area contributed by atoms with Gasteiger partial charge in [-0.2, -0.15) is 0 Å². The first-order valence-electron chi connectivity index (χ1n) is 8.88. The molecule has 28 heavy (non-hydrogen) atoms. The van der Waals surface area contributed by atoms with Crippen LogP contribution in [0.1, 0.15) is 29.1 Å². The topological polar surface area (TPSA) is 77.5 Å². The van der Waals surface area contributed by atoms with Gasteiger partial charge in [0.2, 0.25) is 6.10 Å². The molecule has 3 aromatic rings. The maximum Gasteiger partial charge on any atom is 0.358 e. The van der Waals surface area contributed by atoms with Crippen LogP contribution >= 0.6 is 0 Å². The first kappa shape index (κ1) is 19.1. The van der Waals surface area contributed by atoms with Gasteiger partial charge in [-0.15, -0.1) is 0 Å². The molecule has 142 valence electrons. The van der Waals surface area contributed by atoms with Crippen molar-refractivity contribution in [2.45, 2.75) is 13.0 Å². The number of anilines is 1. The summed E-state index contributed by atoms with van der Waals surface area (Å²) in [5.74, 6) is -0.619. The normalized spacial score (nSPS) is 11.3. The minimum atomic E-state index is -1.13. The number of carbonyl (C=O) groups is 2. The Kier molecular flexibility index (Phi) is 6.36. The maximum absolute atomic E-state index is 13.0. The average molecular weight is 376 g/mol. The number of nitrogens with zero attached hydrogens (tertiary/aromatic N) is 1. The molecule has 1 N–H and O–H groups in total. The number of aromatic nitrogens is 1. The van der Waals surface area contributed by atoms with Crippen LogP contribution in [-0.4, -0.2) is 23.5 Å². The lowest BCUT2D eigenvalue weighted by Gasteiger charge is -2.19. The Morgan fingerprint density at radius 2 is 1.68 bits per heavy atom. The lowest BCUT2D eigenvalue weighted by molar-refractivity contribution is -0.125. The summed E-state index contributed by atoms with van der Waals surface area (Å²) >= 11 is 0. The van der Waals surface area contributed by atoms with Crippen molar-refractivity contribution in [3.63, 3.8) is 0 Å².